The van der Waals surface area contributed by atoms with Gasteiger partial charge in [0.2, 0.25) is 0 Å². The molecule has 2 rings (SSSR count). The number of hydrogen-bond donors (Lipinski definition) is 2. The van der Waals surface area contributed by atoms with Gasteiger partial charge in [0.25, 0.3) is 0 Å². The lowest BCUT2D eigenvalue weighted by atomic mass is 10.2. The third-order valence-electron chi connectivity index (χ3n) is 3.56. The van der Waals surface area contributed by atoms with Crippen molar-refractivity contribution in [2.24, 2.45) is 5.10 Å². The number of unbranched alkanes of at least 4 members (excludes halogenated alkanes) is 1. The smallest absolute Gasteiger partial charge is 0.329 e. The SMILES string of the molecule is CCCCOc1ccc(NC(=O)C(=O)N/N=C\c2cccc(OC)c2)cc1. The number of hydrazone groups is 1. The molecular weight excluding hydrogens is 346 g/mol. The molecule has 7 heteroatoms. The van der Waals surface area contributed by atoms with Crippen LogP contribution in [0.15, 0.2) is 53.6 Å². The number of ether oxygens (including phenoxy) is 2. The van der Waals surface area contributed by atoms with Gasteiger partial charge in [0.15, 0.2) is 0 Å². The van der Waals surface area contributed by atoms with Gasteiger partial charge < -0.3 is 14.8 Å². The summed E-state index contributed by atoms with van der Waals surface area (Å²) in [5, 5.41) is 6.28. The molecule has 142 valence electrons. The molecule has 0 atom stereocenters. The number of carbonyl (C=O) groups excluding carboxylic acids is 2. The molecule has 0 radical (unpaired) electrons. The van der Waals surface area contributed by atoms with Gasteiger partial charge in [-0.05, 0) is 48.4 Å². The van der Waals surface area contributed by atoms with E-state index in [9.17, 15) is 9.59 Å². The number of hydrogen-bond acceptors (Lipinski definition) is 5. The van der Waals surface area contributed by atoms with Gasteiger partial charge in [0, 0.05) is 5.69 Å². The zero-order chi connectivity index (χ0) is 19.5. The molecule has 0 aromatic heterocycles. The Bertz CT molecular complexity index is 788. The van der Waals surface area contributed by atoms with Gasteiger partial charge in [-0.25, -0.2) is 5.43 Å². The third-order valence-corrected chi connectivity index (χ3v) is 3.56. The molecule has 2 aromatic rings. The summed E-state index contributed by atoms with van der Waals surface area (Å²) in [4.78, 5) is 23.7. The highest BCUT2D eigenvalue weighted by Gasteiger charge is 2.12. The number of nitrogens with zero attached hydrogens (tertiary/aromatic N) is 1. The molecule has 2 N–H and O–H groups in total. The van der Waals surface area contributed by atoms with Crippen LogP contribution < -0.4 is 20.2 Å². The number of nitrogens with one attached hydrogen (secondary N) is 2. The predicted molar refractivity (Wildman–Crippen MR) is 104 cm³/mol. The van der Waals surface area contributed by atoms with Gasteiger partial charge in [-0.15, -0.1) is 0 Å². The molecule has 2 aromatic carbocycles. The Morgan fingerprint density at radius 1 is 1.07 bits per heavy atom. The summed E-state index contributed by atoms with van der Waals surface area (Å²) in [6.45, 7) is 2.74. The van der Waals surface area contributed by atoms with E-state index >= 15 is 0 Å². The number of carbonyl (C=O) groups is 2. The molecule has 0 spiro atoms. The minimum Gasteiger partial charge on any atom is -0.497 e. The summed E-state index contributed by atoms with van der Waals surface area (Å²) in [6, 6.07) is 14.0. The molecule has 0 aliphatic heterocycles. The first-order valence-corrected chi connectivity index (χ1v) is 8.63. The first-order valence-electron chi connectivity index (χ1n) is 8.63. The Morgan fingerprint density at radius 2 is 1.85 bits per heavy atom. The van der Waals surface area contributed by atoms with Crippen LogP contribution in [-0.2, 0) is 9.59 Å². The molecule has 0 unspecified atom stereocenters. The fourth-order valence-electron chi connectivity index (χ4n) is 2.09. The van der Waals surface area contributed by atoms with E-state index < -0.39 is 11.8 Å². The van der Waals surface area contributed by atoms with E-state index in [1.807, 2.05) is 0 Å². The minimum absolute atomic E-state index is 0.495. The van der Waals surface area contributed by atoms with Crippen molar-refractivity contribution in [3.63, 3.8) is 0 Å². The topological polar surface area (TPSA) is 89.0 Å². The van der Waals surface area contributed by atoms with Gasteiger partial charge in [-0.2, -0.15) is 5.10 Å². The predicted octanol–water partition coefficient (Wildman–Crippen LogP) is 2.96. The largest absolute Gasteiger partial charge is 0.497 e. The normalized spacial score (nSPS) is 10.4. The molecule has 2 amide bonds. The van der Waals surface area contributed by atoms with Crippen LogP contribution in [0.4, 0.5) is 5.69 Å². The summed E-state index contributed by atoms with van der Waals surface area (Å²) >= 11 is 0. The molecule has 7 nitrogen and oxygen atoms in total. The molecule has 0 saturated carbocycles. The average Bonchev–Trinajstić information content (AvgIpc) is 2.69. The van der Waals surface area contributed by atoms with Crippen molar-refractivity contribution in [3.05, 3.63) is 54.1 Å². The monoisotopic (exact) mass is 369 g/mol. The van der Waals surface area contributed by atoms with Crippen molar-refractivity contribution in [2.75, 3.05) is 19.0 Å². The number of amides is 2. The number of methoxy groups -OCH3 is 1. The van der Waals surface area contributed by atoms with Crippen LogP contribution in [0.25, 0.3) is 0 Å². The molecule has 0 fully saturated rings. The van der Waals surface area contributed by atoms with Gasteiger partial charge in [-0.3, -0.25) is 9.59 Å². The number of benzene rings is 2. The summed E-state index contributed by atoms with van der Waals surface area (Å²) in [5.41, 5.74) is 3.41. The van der Waals surface area contributed by atoms with Crippen molar-refractivity contribution < 1.29 is 19.1 Å². The van der Waals surface area contributed by atoms with Crippen molar-refractivity contribution >= 4 is 23.7 Å². The third kappa shape index (κ3) is 6.81. The lowest BCUT2D eigenvalue weighted by Crippen LogP contribution is -2.32. The Hall–Kier alpha value is -3.35. The zero-order valence-corrected chi connectivity index (χ0v) is 15.4. The second-order valence-electron chi connectivity index (χ2n) is 5.66. The Balaban J connectivity index is 1.82. The summed E-state index contributed by atoms with van der Waals surface area (Å²) < 4.78 is 10.6. The second-order valence-corrected chi connectivity index (χ2v) is 5.66. The van der Waals surface area contributed by atoms with E-state index in [-0.39, 0.29) is 0 Å². The molecular formula is C20H23N3O4. The van der Waals surface area contributed by atoms with Gasteiger partial charge in [0.05, 0.1) is 19.9 Å². The van der Waals surface area contributed by atoms with Crippen molar-refractivity contribution in [3.8, 4) is 11.5 Å². The van der Waals surface area contributed by atoms with Crippen LogP contribution in [0.1, 0.15) is 25.3 Å². The van der Waals surface area contributed by atoms with E-state index in [0.29, 0.717) is 23.8 Å². The van der Waals surface area contributed by atoms with Crippen molar-refractivity contribution in [1.82, 2.24) is 5.43 Å². The Morgan fingerprint density at radius 3 is 2.56 bits per heavy atom. The molecule has 27 heavy (non-hydrogen) atoms. The highest BCUT2D eigenvalue weighted by Crippen LogP contribution is 2.16. The quantitative estimate of drug-likeness (QED) is 0.324. The molecule has 0 aliphatic rings. The lowest BCUT2D eigenvalue weighted by Gasteiger charge is -2.07. The maximum atomic E-state index is 11.9. The summed E-state index contributed by atoms with van der Waals surface area (Å²) in [7, 11) is 1.56. The van der Waals surface area contributed by atoms with Crippen LogP contribution >= 0.6 is 0 Å². The standard InChI is InChI=1S/C20H23N3O4/c1-3-4-12-27-17-10-8-16(9-11-17)22-19(24)20(25)23-21-14-15-6-5-7-18(13-15)26-2/h5-11,13-14H,3-4,12H2,1-2H3,(H,22,24)(H,23,25)/b21-14-. The molecule has 0 bridgehead atoms. The average molecular weight is 369 g/mol. The lowest BCUT2D eigenvalue weighted by molar-refractivity contribution is -0.136. The van der Waals surface area contributed by atoms with Gasteiger partial charge in [0.1, 0.15) is 11.5 Å². The maximum absolute atomic E-state index is 11.9. The van der Waals surface area contributed by atoms with E-state index in [4.69, 9.17) is 9.47 Å². The first-order chi connectivity index (χ1) is 13.1. The second kappa shape index (κ2) is 10.6. The van der Waals surface area contributed by atoms with Crippen LogP contribution in [0.2, 0.25) is 0 Å². The van der Waals surface area contributed by atoms with Crippen molar-refractivity contribution in [2.45, 2.75) is 19.8 Å². The molecule has 0 saturated heterocycles. The molecule has 0 aliphatic carbocycles. The van der Waals surface area contributed by atoms with Crippen LogP contribution in [0.3, 0.4) is 0 Å². The minimum atomic E-state index is -0.864. The van der Waals surface area contributed by atoms with E-state index in [2.05, 4.69) is 22.8 Å². The van der Waals surface area contributed by atoms with E-state index in [1.54, 1.807) is 55.6 Å². The number of rotatable bonds is 8. The Kier molecular flexibility index (Phi) is 7.84. The van der Waals surface area contributed by atoms with Crippen LogP contribution in [0, 0.1) is 0 Å². The fourth-order valence-corrected chi connectivity index (χ4v) is 2.09. The summed E-state index contributed by atoms with van der Waals surface area (Å²) in [6.07, 6.45) is 3.47. The highest BCUT2D eigenvalue weighted by atomic mass is 16.5. The number of anilines is 1. The zero-order valence-electron chi connectivity index (χ0n) is 15.4. The van der Waals surface area contributed by atoms with Crippen LogP contribution in [-0.4, -0.2) is 31.7 Å². The Labute approximate surface area is 158 Å². The van der Waals surface area contributed by atoms with E-state index in [1.165, 1.54) is 6.21 Å². The summed E-state index contributed by atoms with van der Waals surface area (Å²) in [5.74, 6) is -0.284. The van der Waals surface area contributed by atoms with Gasteiger partial charge >= 0.3 is 11.8 Å². The van der Waals surface area contributed by atoms with Crippen LogP contribution in [0.5, 0.6) is 11.5 Å². The highest BCUT2D eigenvalue weighted by molar-refractivity contribution is 6.39. The van der Waals surface area contributed by atoms with Gasteiger partial charge in [-0.1, -0.05) is 25.5 Å². The first kappa shape index (κ1) is 20.0. The van der Waals surface area contributed by atoms with Crippen molar-refractivity contribution in [1.29, 1.82) is 0 Å². The maximum Gasteiger partial charge on any atom is 0.329 e. The fraction of sp³-hybridized carbons (Fsp3) is 0.250. The van der Waals surface area contributed by atoms with E-state index in [0.717, 1.165) is 18.4 Å². The molecule has 0 heterocycles.